The molecule has 5 nitrogen and oxygen atoms in total. The largest absolute Gasteiger partial charge is 0.346 e. The first-order chi connectivity index (χ1) is 7.20. The van der Waals surface area contributed by atoms with Crippen LogP contribution in [0.4, 0.5) is 0 Å². The van der Waals surface area contributed by atoms with Gasteiger partial charge in [-0.3, -0.25) is 9.89 Å². The van der Waals surface area contributed by atoms with E-state index in [1.54, 1.807) is 0 Å². The summed E-state index contributed by atoms with van der Waals surface area (Å²) in [5.74, 6) is 1.48. The van der Waals surface area contributed by atoms with Gasteiger partial charge in [0, 0.05) is 12.5 Å². The summed E-state index contributed by atoms with van der Waals surface area (Å²) in [5.41, 5.74) is 0. The number of nitrogens with one attached hydrogen (secondary N) is 2. The number of amides is 1. The SMILES string of the molecule is CCCc1nc(C(=O)NC2CC2C)n[nH]1. The van der Waals surface area contributed by atoms with E-state index in [9.17, 15) is 4.79 Å². The van der Waals surface area contributed by atoms with Gasteiger partial charge in [-0.15, -0.1) is 5.10 Å². The van der Waals surface area contributed by atoms with E-state index in [0.29, 0.717) is 12.0 Å². The third-order valence-electron chi connectivity index (χ3n) is 2.65. The molecule has 0 spiro atoms. The lowest BCUT2D eigenvalue weighted by Crippen LogP contribution is -2.27. The third kappa shape index (κ3) is 2.34. The Bertz CT molecular complexity index is 360. The second-order valence-corrected chi connectivity index (χ2v) is 4.15. The molecule has 1 aromatic rings. The molecule has 82 valence electrons. The molecule has 1 aliphatic carbocycles. The van der Waals surface area contributed by atoms with E-state index in [4.69, 9.17) is 0 Å². The fourth-order valence-electron chi connectivity index (χ4n) is 1.50. The highest BCUT2D eigenvalue weighted by molar-refractivity contribution is 5.90. The minimum Gasteiger partial charge on any atom is -0.346 e. The lowest BCUT2D eigenvalue weighted by molar-refractivity contribution is 0.0939. The number of nitrogens with zero attached hydrogens (tertiary/aromatic N) is 2. The van der Waals surface area contributed by atoms with Crippen molar-refractivity contribution in [3.63, 3.8) is 0 Å². The molecule has 1 heterocycles. The van der Waals surface area contributed by atoms with Crippen molar-refractivity contribution >= 4 is 5.91 Å². The third-order valence-corrected chi connectivity index (χ3v) is 2.65. The fourth-order valence-corrected chi connectivity index (χ4v) is 1.50. The Morgan fingerprint density at radius 2 is 2.40 bits per heavy atom. The lowest BCUT2D eigenvalue weighted by Gasteiger charge is -1.98. The number of aromatic nitrogens is 3. The summed E-state index contributed by atoms with van der Waals surface area (Å²) in [7, 11) is 0. The molecule has 0 saturated heterocycles. The second-order valence-electron chi connectivity index (χ2n) is 4.15. The van der Waals surface area contributed by atoms with Crippen LogP contribution in [0.5, 0.6) is 0 Å². The van der Waals surface area contributed by atoms with Gasteiger partial charge in [0.05, 0.1) is 0 Å². The van der Waals surface area contributed by atoms with Crippen LogP contribution < -0.4 is 5.32 Å². The first-order valence-corrected chi connectivity index (χ1v) is 5.43. The number of hydrogen-bond donors (Lipinski definition) is 2. The van der Waals surface area contributed by atoms with Crippen molar-refractivity contribution in [3.05, 3.63) is 11.6 Å². The molecule has 0 bridgehead atoms. The average Bonchev–Trinajstić information content (AvgIpc) is 2.72. The smallest absolute Gasteiger partial charge is 0.291 e. The molecule has 2 rings (SSSR count). The van der Waals surface area contributed by atoms with Crippen LogP contribution in [0.25, 0.3) is 0 Å². The Labute approximate surface area is 88.7 Å². The minimum atomic E-state index is -0.164. The Morgan fingerprint density at radius 1 is 1.67 bits per heavy atom. The normalized spacial score (nSPS) is 23.9. The molecular formula is C10H16N4O. The van der Waals surface area contributed by atoms with E-state index in [0.717, 1.165) is 25.1 Å². The summed E-state index contributed by atoms with van der Waals surface area (Å²) in [5, 5.41) is 9.55. The van der Waals surface area contributed by atoms with Crippen molar-refractivity contribution < 1.29 is 4.79 Å². The average molecular weight is 208 g/mol. The van der Waals surface area contributed by atoms with Gasteiger partial charge in [-0.05, 0) is 18.8 Å². The van der Waals surface area contributed by atoms with Gasteiger partial charge in [0.2, 0.25) is 5.82 Å². The summed E-state index contributed by atoms with van der Waals surface area (Å²) in [6.45, 7) is 4.18. The first-order valence-electron chi connectivity index (χ1n) is 5.43. The number of H-pyrrole nitrogens is 1. The van der Waals surface area contributed by atoms with Gasteiger partial charge >= 0.3 is 0 Å². The molecule has 1 amide bonds. The van der Waals surface area contributed by atoms with Crippen molar-refractivity contribution in [2.45, 2.75) is 39.2 Å². The van der Waals surface area contributed by atoms with Crippen molar-refractivity contribution in [2.24, 2.45) is 5.92 Å². The van der Waals surface area contributed by atoms with Gasteiger partial charge in [-0.2, -0.15) is 0 Å². The lowest BCUT2D eigenvalue weighted by atomic mass is 10.3. The van der Waals surface area contributed by atoms with Gasteiger partial charge in [-0.25, -0.2) is 4.98 Å². The van der Waals surface area contributed by atoms with Crippen LogP contribution in [0.2, 0.25) is 0 Å². The van der Waals surface area contributed by atoms with Gasteiger partial charge in [0.25, 0.3) is 5.91 Å². The number of carbonyl (C=O) groups excluding carboxylic acids is 1. The molecule has 0 aromatic carbocycles. The standard InChI is InChI=1S/C10H16N4O/c1-3-4-8-12-9(14-13-8)10(15)11-7-5-6(7)2/h6-7H,3-5H2,1-2H3,(H,11,15)(H,12,13,14). The second kappa shape index (κ2) is 4.00. The highest BCUT2D eigenvalue weighted by Crippen LogP contribution is 2.28. The molecule has 1 aliphatic rings. The van der Waals surface area contributed by atoms with Crippen LogP contribution in [0, 0.1) is 5.92 Å². The molecule has 1 saturated carbocycles. The number of rotatable bonds is 4. The number of aryl methyl sites for hydroxylation is 1. The molecule has 0 aliphatic heterocycles. The number of hydrogen-bond acceptors (Lipinski definition) is 3. The summed E-state index contributed by atoms with van der Waals surface area (Å²) in [6.07, 6.45) is 2.90. The van der Waals surface area contributed by atoms with Gasteiger partial charge in [0.15, 0.2) is 0 Å². The predicted molar refractivity (Wildman–Crippen MR) is 55.4 cm³/mol. The fraction of sp³-hybridized carbons (Fsp3) is 0.700. The van der Waals surface area contributed by atoms with E-state index in [1.165, 1.54) is 0 Å². The van der Waals surface area contributed by atoms with Gasteiger partial charge in [-0.1, -0.05) is 13.8 Å². The van der Waals surface area contributed by atoms with Crippen LogP contribution in [-0.4, -0.2) is 27.1 Å². The molecule has 2 unspecified atom stereocenters. The van der Waals surface area contributed by atoms with E-state index in [2.05, 4.69) is 34.3 Å². The topological polar surface area (TPSA) is 70.7 Å². The number of aromatic amines is 1. The first kappa shape index (κ1) is 10.1. The van der Waals surface area contributed by atoms with Crippen LogP contribution in [0.1, 0.15) is 43.1 Å². The Balaban J connectivity index is 1.93. The Morgan fingerprint density at radius 3 is 3.00 bits per heavy atom. The Hall–Kier alpha value is -1.39. The summed E-state index contributed by atoms with van der Waals surface area (Å²) in [6, 6.07) is 0.325. The van der Waals surface area contributed by atoms with E-state index in [1.807, 2.05) is 0 Å². The molecule has 15 heavy (non-hydrogen) atoms. The van der Waals surface area contributed by atoms with Crippen molar-refractivity contribution in [3.8, 4) is 0 Å². The maximum Gasteiger partial charge on any atom is 0.291 e. The maximum atomic E-state index is 11.6. The maximum absolute atomic E-state index is 11.6. The summed E-state index contributed by atoms with van der Waals surface area (Å²) < 4.78 is 0. The Kier molecular flexibility index (Phi) is 2.70. The van der Waals surface area contributed by atoms with Crippen molar-refractivity contribution in [1.82, 2.24) is 20.5 Å². The molecule has 2 N–H and O–H groups in total. The van der Waals surface area contributed by atoms with E-state index < -0.39 is 0 Å². The summed E-state index contributed by atoms with van der Waals surface area (Å²) >= 11 is 0. The van der Waals surface area contributed by atoms with Crippen LogP contribution in [0.3, 0.4) is 0 Å². The van der Waals surface area contributed by atoms with E-state index >= 15 is 0 Å². The van der Waals surface area contributed by atoms with Crippen molar-refractivity contribution in [1.29, 1.82) is 0 Å². The number of carbonyl (C=O) groups is 1. The van der Waals surface area contributed by atoms with Gasteiger partial charge < -0.3 is 5.32 Å². The zero-order valence-corrected chi connectivity index (χ0v) is 9.08. The highest BCUT2D eigenvalue weighted by atomic mass is 16.2. The molecular weight excluding hydrogens is 192 g/mol. The molecule has 0 radical (unpaired) electrons. The quantitative estimate of drug-likeness (QED) is 0.772. The highest BCUT2D eigenvalue weighted by Gasteiger charge is 2.34. The van der Waals surface area contributed by atoms with Gasteiger partial charge in [0.1, 0.15) is 5.82 Å². The van der Waals surface area contributed by atoms with Crippen LogP contribution in [0.15, 0.2) is 0 Å². The van der Waals surface area contributed by atoms with Crippen LogP contribution in [-0.2, 0) is 6.42 Å². The van der Waals surface area contributed by atoms with Crippen molar-refractivity contribution in [2.75, 3.05) is 0 Å². The molecule has 5 heteroatoms. The predicted octanol–water partition coefficient (Wildman–Crippen LogP) is 0.895. The zero-order valence-electron chi connectivity index (χ0n) is 9.08. The molecule has 1 aromatic heterocycles. The van der Waals surface area contributed by atoms with E-state index in [-0.39, 0.29) is 11.7 Å². The van der Waals surface area contributed by atoms with Crippen LogP contribution >= 0.6 is 0 Å². The minimum absolute atomic E-state index is 0.164. The zero-order chi connectivity index (χ0) is 10.8. The molecule has 2 atom stereocenters. The summed E-state index contributed by atoms with van der Waals surface area (Å²) in [4.78, 5) is 15.7. The monoisotopic (exact) mass is 208 g/mol. The molecule has 1 fully saturated rings.